The second-order valence-corrected chi connectivity index (χ2v) is 5.25. The fraction of sp³-hybridized carbons (Fsp3) is 0.500. The standard InChI is InChI=1S/C10H14O2S2/c1-2-3-6-13-7-8-4-5-9(14-8)10(11)12/h4-5H,2-3,6-7H2,1H3,(H,11,12). The number of carbonyl (C=O) groups is 1. The van der Waals surface area contributed by atoms with Crippen LogP contribution in [0, 0.1) is 0 Å². The summed E-state index contributed by atoms with van der Waals surface area (Å²) < 4.78 is 0. The van der Waals surface area contributed by atoms with Crippen molar-refractivity contribution in [3.63, 3.8) is 0 Å². The van der Waals surface area contributed by atoms with Crippen molar-refractivity contribution in [2.45, 2.75) is 25.5 Å². The van der Waals surface area contributed by atoms with Crippen LogP contribution >= 0.6 is 23.1 Å². The second-order valence-electron chi connectivity index (χ2n) is 2.98. The third-order valence-electron chi connectivity index (χ3n) is 1.76. The van der Waals surface area contributed by atoms with Gasteiger partial charge in [-0.2, -0.15) is 11.8 Å². The summed E-state index contributed by atoms with van der Waals surface area (Å²) in [6, 6.07) is 3.59. The topological polar surface area (TPSA) is 37.3 Å². The maximum atomic E-state index is 10.6. The zero-order valence-corrected chi connectivity index (χ0v) is 9.79. The molecule has 1 heterocycles. The average Bonchev–Trinajstić information content (AvgIpc) is 2.61. The number of rotatable bonds is 6. The fourth-order valence-electron chi connectivity index (χ4n) is 0.990. The zero-order chi connectivity index (χ0) is 10.4. The molecule has 0 saturated heterocycles. The minimum absolute atomic E-state index is 0.441. The van der Waals surface area contributed by atoms with Crippen LogP contribution in [0.4, 0.5) is 0 Å². The number of thioether (sulfide) groups is 1. The summed E-state index contributed by atoms with van der Waals surface area (Å²) >= 11 is 3.25. The molecule has 14 heavy (non-hydrogen) atoms. The van der Waals surface area contributed by atoms with Crippen LogP contribution in [0.1, 0.15) is 34.3 Å². The van der Waals surface area contributed by atoms with E-state index in [0.717, 1.165) is 16.4 Å². The number of unbranched alkanes of at least 4 members (excludes halogenated alkanes) is 1. The Hall–Kier alpha value is -0.480. The Balaban J connectivity index is 2.33. The van der Waals surface area contributed by atoms with Gasteiger partial charge in [0.2, 0.25) is 0 Å². The summed E-state index contributed by atoms with van der Waals surface area (Å²) in [6.45, 7) is 2.17. The largest absolute Gasteiger partial charge is 0.477 e. The minimum Gasteiger partial charge on any atom is -0.477 e. The van der Waals surface area contributed by atoms with Gasteiger partial charge in [0.15, 0.2) is 0 Å². The van der Waals surface area contributed by atoms with Crippen molar-refractivity contribution >= 4 is 29.1 Å². The van der Waals surface area contributed by atoms with Crippen molar-refractivity contribution in [3.8, 4) is 0 Å². The van der Waals surface area contributed by atoms with Gasteiger partial charge in [-0.25, -0.2) is 4.79 Å². The van der Waals surface area contributed by atoms with Crippen LogP contribution in [0.25, 0.3) is 0 Å². The Morgan fingerprint density at radius 3 is 2.93 bits per heavy atom. The predicted molar refractivity (Wildman–Crippen MR) is 62.3 cm³/mol. The SMILES string of the molecule is CCCCSCc1ccc(C(=O)O)s1. The first-order valence-corrected chi connectivity index (χ1v) is 6.61. The van der Waals surface area contributed by atoms with Crippen molar-refractivity contribution in [2.24, 2.45) is 0 Å². The van der Waals surface area contributed by atoms with Crippen molar-refractivity contribution in [1.82, 2.24) is 0 Å². The molecule has 0 aliphatic rings. The maximum absolute atomic E-state index is 10.6. The normalized spacial score (nSPS) is 10.4. The van der Waals surface area contributed by atoms with Gasteiger partial charge in [-0.15, -0.1) is 11.3 Å². The van der Waals surface area contributed by atoms with E-state index in [4.69, 9.17) is 5.11 Å². The van der Waals surface area contributed by atoms with Crippen LogP contribution in [0.3, 0.4) is 0 Å². The lowest BCUT2D eigenvalue weighted by atomic mass is 10.4. The van der Waals surface area contributed by atoms with Crippen LogP contribution in [-0.4, -0.2) is 16.8 Å². The molecule has 1 N–H and O–H groups in total. The molecule has 0 aliphatic carbocycles. The lowest BCUT2D eigenvalue weighted by molar-refractivity contribution is 0.0702. The van der Waals surface area contributed by atoms with Crippen LogP contribution in [0.5, 0.6) is 0 Å². The summed E-state index contributed by atoms with van der Waals surface area (Å²) in [5.74, 6) is 1.29. The molecular formula is C10H14O2S2. The number of hydrogen-bond acceptors (Lipinski definition) is 3. The van der Waals surface area contributed by atoms with Gasteiger partial charge in [0.1, 0.15) is 4.88 Å². The Bertz CT molecular complexity index is 294. The molecular weight excluding hydrogens is 216 g/mol. The third kappa shape index (κ3) is 3.72. The molecule has 0 atom stereocenters. The molecule has 0 saturated carbocycles. The van der Waals surface area contributed by atoms with Crippen LogP contribution in [-0.2, 0) is 5.75 Å². The van der Waals surface area contributed by atoms with E-state index in [1.54, 1.807) is 6.07 Å². The van der Waals surface area contributed by atoms with E-state index < -0.39 is 5.97 Å². The molecule has 1 rings (SSSR count). The summed E-state index contributed by atoms with van der Waals surface area (Å²) in [4.78, 5) is 12.2. The summed E-state index contributed by atoms with van der Waals surface area (Å²) in [6.07, 6.45) is 2.46. The molecule has 0 bridgehead atoms. The molecule has 1 aromatic heterocycles. The first kappa shape index (κ1) is 11.6. The van der Waals surface area contributed by atoms with Gasteiger partial charge in [0.25, 0.3) is 0 Å². The molecule has 0 amide bonds. The van der Waals surface area contributed by atoms with Crippen LogP contribution in [0.2, 0.25) is 0 Å². The highest BCUT2D eigenvalue weighted by molar-refractivity contribution is 7.98. The average molecular weight is 230 g/mol. The Morgan fingerprint density at radius 1 is 1.57 bits per heavy atom. The molecule has 0 radical (unpaired) electrons. The zero-order valence-electron chi connectivity index (χ0n) is 8.16. The lowest BCUT2D eigenvalue weighted by Gasteiger charge is -1.96. The fourth-order valence-corrected chi connectivity index (χ4v) is 3.05. The van der Waals surface area contributed by atoms with E-state index in [2.05, 4.69) is 6.92 Å². The number of aromatic carboxylic acids is 1. The Labute approximate surface area is 92.3 Å². The molecule has 78 valence electrons. The third-order valence-corrected chi connectivity index (χ3v) is 4.11. The van der Waals surface area contributed by atoms with Crippen LogP contribution in [0.15, 0.2) is 12.1 Å². The van der Waals surface area contributed by atoms with Gasteiger partial charge in [-0.3, -0.25) is 0 Å². The number of carboxylic acid groups (broad SMARTS) is 1. The van der Waals surface area contributed by atoms with Gasteiger partial charge in [-0.1, -0.05) is 13.3 Å². The van der Waals surface area contributed by atoms with Crippen molar-refractivity contribution in [2.75, 3.05) is 5.75 Å². The lowest BCUT2D eigenvalue weighted by Crippen LogP contribution is -1.89. The molecule has 0 fully saturated rings. The Kier molecular flexibility index (Phi) is 5.04. The van der Waals surface area contributed by atoms with Gasteiger partial charge < -0.3 is 5.11 Å². The predicted octanol–water partition coefficient (Wildman–Crippen LogP) is 3.48. The number of carboxylic acids is 1. The highest BCUT2D eigenvalue weighted by Gasteiger charge is 2.06. The summed E-state index contributed by atoms with van der Waals surface area (Å²) in [5.41, 5.74) is 0. The van der Waals surface area contributed by atoms with E-state index in [9.17, 15) is 4.79 Å². The highest BCUT2D eigenvalue weighted by Crippen LogP contribution is 2.22. The van der Waals surface area contributed by atoms with Gasteiger partial charge in [-0.05, 0) is 24.3 Å². The quantitative estimate of drug-likeness (QED) is 0.760. The molecule has 1 aromatic rings. The summed E-state index contributed by atoms with van der Waals surface area (Å²) in [5, 5.41) is 8.71. The Morgan fingerprint density at radius 2 is 2.36 bits per heavy atom. The monoisotopic (exact) mass is 230 g/mol. The van der Waals surface area contributed by atoms with E-state index in [0.29, 0.717) is 4.88 Å². The van der Waals surface area contributed by atoms with Crippen LogP contribution < -0.4 is 0 Å². The maximum Gasteiger partial charge on any atom is 0.345 e. The molecule has 0 aliphatic heterocycles. The summed E-state index contributed by atoms with van der Waals surface area (Å²) in [7, 11) is 0. The van der Waals surface area contributed by atoms with E-state index in [1.807, 2.05) is 17.8 Å². The van der Waals surface area contributed by atoms with Crippen molar-refractivity contribution < 1.29 is 9.90 Å². The van der Waals surface area contributed by atoms with Crippen molar-refractivity contribution in [1.29, 1.82) is 0 Å². The van der Waals surface area contributed by atoms with E-state index >= 15 is 0 Å². The smallest absolute Gasteiger partial charge is 0.345 e. The molecule has 0 aromatic carbocycles. The first-order valence-electron chi connectivity index (χ1n) is 4.63. The van der Waals surface area contributed by atoms with Crippen molar-refractivity contribution in [3.05, 3.63) is 21.9 Å². The van der Waals surface area contributed by atoms with Gasteiger partial charge >= 0.3 is 5.97 Å². The molecule has 0 spiro atoms. The molecule has 0 unspecified atom stereocenters. The molecule has 4 heteroatoms. The van der Waals surface area contributed by atoms with Gasteiger partial charge in [0.05, 0.1) is 0 Å². The van der Waals surface area contributed by atoms with E-state index in [1.165, 1.54) is 24.2 Å². The van der Waals surface area contributed by atoms with Gasteiger partial charge in [0, 0.05) is 10.6 Å². The van der Waals surface area contributed by atoms with E-state index in [-0.39, 0.29) is 0 Å². The second kappa shape index (κ2) is 6.09. The minimum atomic E-state index is -0.820. The number of hydrogen-bond donors (Lipinski definition) is 1. The molecule has 2 nitrogen and oxygen atoms in total. The number of thiophene rings is 1. The highest BCUT2D eigenvalue weighted by atomic mass is 32.2. The first-order chi connectivity index (χ1) is 6.74.